The maximum absolute atomic E-state index is 11.4. The van der Waals surface area contributed by atoms with Crippen molar-refractivity contribution in [2.75, 3.05) is 11.6 Å². The van der Waals surface area contributed by atoms with Gasteiger partial charge in [0.25, 0.3) is 0 Å². The first-order valence-corrected chi connectivity index (χ1v) is 8.09. The zero-order valence-electron chi connectivity index (χ0n) is 9.38. The van der Waals surface area contributed by atoms with Crippen LogP contribution in [0.1, 0.15) is 18.1 Å². The van der Waals surface area contributed by atoms with Gasteiger partial charge in [-0.25, -0.2) is 8.42 Å². The fourth-order valence-electron chi connectivity index (χ4n) is 1.42. The molecule has 0 spiro atoms. The molecule has 0 saturated carbocycles. The van der Waals surface area contributed by atoms with E-state index in [1.807, 2.05) is 0 Å². The topological polar surface area (TPSA) is 74.6 Å². The van der Waals surface area contributed by atoms with Crippen LogP contribution in [0.15, 0.2) is 29.2 Å². The smallest absolute Gasteiger partial charge is 0.175 e. The number of alkyl halides is 1. The number of rotatable bonds is 5. The van der Waals surface area contributed by atoms with Gasteiger partial charge in [-0.2, -0.15) is 0 Å². The number of hydrogen-bond donors (Lipinski definition) is 2. The maximum atomic E-state index is 11.4. The third-order valence-corrected chi connectivity index (χ3v) is 3.97. The molecule has 4 nitrogen and oxygen atoms in total. The standard InChI is InChI=1S/C11H15BrO4S/c1-17(15,16)9-4-2-3-8(7-9)11(14)10(13)5-6-12/h2-4,7,10-11,13-14H,5-6H2,1H3. The molecule has 0 aromatic heterocycles. The molecule has 96 valence electrons. The van der Waals surface area contributed by atoms with Crippen LogP contribution in [0.4, 0.5) is 0 Å². The van der Waals surface area contributed by atoms with E-state index in [0.717, 1.165) is 6.26 Å². The molecule has 0 radical (unpaired) electrons. The minimum absolute atomic E-state index is 0.139. The molecule has 0 saturated heterocycles. The zero-order chi connectivity index (χ0) is 13.1. The molecule has 0 aliphatic heterocycles. The second-order valence-electron chi connectivity index (χ2n) is 3.83. The monoisotopic (exact) mass is 322 g/mol. The molecule has 1 aromatic carbocycles. The molecular weight excluding hydrogens is 308 g/mol. The summed E-state index contributed by atoms with van der Waals surface area (Å²) in [5.74, 6) is 0. The Balaban J connectivity index is 3.00. The molecule has 0 aliphatic rings. The number of aliphatic hydroxyl groups excluding tert-OH is 2. The van der Waals surface area contributed by atoms with Gasteiger partial charge in [0.2, 0.25) is 0 Å². The first-order valence-electron chi connectivity index (χ1n) is 5.08. The second kappa shape index (κ2) is 5.95. The molecule has 0 fully saturated rings. The quantitative estimate of drug-likeness (QED) is 0.800. The van der Waals surface area contributed by atoms with E-state index in [2.05, 4.69) is 15.9 Å². The van der Waals surface area contributed by atoms with Gasteiger partial charge in [0.15, 0.2) is 9.84 Å². The Bertz CT molecular complexity index is 472. The average molecular weight is 323 g/mol. The van der Waals surface area contributed by atoms with Gasteiger partial charge in [-0.3, -0.25) is 0 Å². The molecule has 1 aromatic rings. The molecular formula is C11H15BrO4S. The average Bonchev–Trinajstić information content (AvgIpc) is 2.27. The van der Waals surface area contributed by atoms with Gasteiger partial charge in [0.1, 0.15) is 6.10 Å². The van der Waals surface area contributed by atoms with Crippen molar-refractivity contribution >= 4 is 25.8 Å². The lowest BCUT2D eigenvalue weighted by molar-refractivity contribution is 0.0172. The summed E-state index contributed by atoms with van der Waals surface area (Å²) in [6, 6.07) is 5.99. The van der Waals surface area contributed by atoms with Gasteiger partial charge in [0, 0.05) is 11.6 Å². The van der Waals surface area contributed by atoms with E-state index in [1.54, 1.807) is 12.1 Å². The van der Waals surface area contributed by atoms with E-state index in [-0.39, 0.29) is 4.90 Å². The summed E-state index contributed by atoms with van der Waals surface area (Å²) in [4.78, 5) is 0.139. The summed E-state index contributed by atoms with van der Waals surface area (Å²) < 4.78 is 22.7. The normalized spacial score (nSPS) is 15.5. The Kier molecular flexibility index (Phi) is 5.12. The summed E-state index contributed by atoms with van der Waals surface area (Å²) in [5.41, 5.74) is 0.404. The van der Waals surface area contributed by atoms with Gasteiger partial charge in [-0.05, 0) is 24.1 Å². The molecule has 0 heterocycles. The van der Waals surface area contributed by atoms with Crippen molar-refractivity contribution < 1.29 is 18.6 Å². The third-order valence-electron chi connectivity index (χ3n) is 2.40. The second-order valence-corrected chi connectivity index (χ2v) is 6.64. The molecule has 0 bridgehead atoms. The fourth-order valence-corrected chi connectivity index (χ4v) is 2.57. The number of aliphatic hydroxyl groups is 2. The van der Waals surface area contributed by atoms with Crippen LogP contribution < -0.4 is 0 Å². The molecule has 2 unspecified atom stereocenters. The predicted molar refractivity (Wildman–Crippen MR) is 68.9 cm³/mol. The van der Waals surface area contributed by atoms with Crippen molar-refractivity contribution in [2.45, 2.75) is 23.5 Å². The van der Waals surface area contributed by atoms with Crippen LogP contribution >= 0.6 is 15.9 Å². The number of hydrogen-bond acceptors (Lipinski definition) is 4. The summed E-state index contributed by atoms with van der Waals surface area (Å²) in [5, 5.41) is 20.0. The van der Waals surface area contributed by atoms with Gasteiger partial charge in [-0.15, -0.1) is 0 Å². The van der Waals surface area contributed by atoms with Crippen LogP contribution in [0.2, 0.25) is 0 Å². The Morgan fingerprint density at radius 2 is 2.00 bits per heavy atom. The Morgan fingerprint density at radius 1 is 1.35 bits per heavy atom. The lowest BCUT2D eigenvalue weighted by Gasteiger charge is -2.17. The first kappa shape index (κ1) is 14.6. The lowest BCUT2D eigenvalue weighted by Crippen LogP contribution is -2.18. The van der Waals surface area contributed by atoms with Crippen LogP contribution in [0, 0.1) is 0 Å². The highest BCUT2D eigenvalue weighted by Crippen LogP contribution is 2.22. The van der Waals surface area contributed by atoms with Crippen molar-refractivity contribution in [1.82, 2.24) is 0 Å². The van der Waals surface area contributed by atoms with E-state index in [1.165, 1.54) is 12.1 Å². The highest BCUT2D eigenvalue weighted by molar-refractivity contribution is 9.09. The molecule has 6 heteroatoms. The van der Waals surface area contributed by atoms with Crippen LogP contribution in [0.3, 0.4) is 0 Å². The van der Waals surface area contributed by atoms with Gasteiger partial charge in [0.05, 0.1) is 11.0 Å². The number of halogens is 1. The summed E-state index contributed by atoms with van der Waals surface area (Å²) in [6.07, 6.45) is -0.490. The van der Waals surface area contributed by atoms with Crippen molar-refractivity contribution in [1.29, 1.82) is 0 Å². The van der Waals surface area contributed by atoms with Gasteiger partial charge >= 0.3 is 0 Å². The van der Waals surface area contributed by atoms with Crippen molar-refractivity contribution in [2.24, 2.45) is 0 Å². The molecule has 1 rings (SSSR count). The van der Waals surface area contributed by atoms with E-state index in [9.17, 15) is 18.6 Å². The Labute approximate surface area is 109 Å². The van der Waals surface area contributed by atoms with Crippen molar-refractivity contribution in [3.05, 3.63) is 29.8 Å². The maximum Gasteiger partial charge on any atom is 0.175 e. The summed E-state index contributed by atoms with van der Waals surface area (Å²) in [6.45, 7) is 0. The highest BCUT2D eigenvalue weighted by Gasteiger charge is 2.19. The Morgan fingerprint density at radius 3 is 2.53 bits per heavy atom. The van der Waals surface area contributed by atoms with E-state index >= 15 is 0 Å². The van der Waals surface area contributed by atoms with Gasteiger partial charge < -0.3 is 10.2 Å². The summed E-state index contributed by atoms with van der Waals surface area (Å²) >= 11 is 3.17. The predicted octanol–water partition coefficient (Wildman–Crippen LogP) is 1.27. The minimum Gasteiger partial charge on any atom is -0.390 e. The lowest BCUT2D eigenvalue weighted by atomic mass is 10.0. The fraction of sp³-hybridized carbons (Fsp3) is 0.455. The number of benzene rings is 1. The first-order chi connectivity index (χ1) is 7.86. The molecule has 2 N–H and O–H groups in total. The minimum atomic E-state index is -3.30. The third kappa shape index (κ3) is 4.06. The molecule has 2 atom stereocenters. The van der Waals surface area contributed by atoms with Crippen LogP contribution in [0.25, 0.3) is 0 Å². The number of sulfone groups is 1. The largest absolute Gasteiger partial charge is 0.390 e. The molecule has 17 heavy (non-hydrogen) atoms. The summed E-state index contributed by atoms with van der Waals surface area (Å²) in [7, 11) is -3.30. The van der Waals surface area contributed by atoms with Crippen LogP contribution in [0.5, 0.6) is 0 Å². The van der Waals surface area contributed by atoms with Gasteiger partial charge in [-0.1, -0.05) is 28.1 Å². The van der Waals surface area contributed by atoms with E-state index in [0.29, 0.717) is 17.3 Å². The SMILES string of the molecule is CS(=O)(=O)c1cccc(C(O)C(O)CCBr)c1. The molecule has 0 aliphatic carbocycles. The van der Waals surface area contributed by atoms with Crippen LogP contribution in [-0.2, 0) is 9.84 Å². The highest BCUT2D eigenvalue weighted by atomic mass is 79.9. The van der Waals surface area contributed by atoms with E-state index < -0.39 is 22.0 Å². The molecule has 0 amide bonds. The van der Waals surface area contributed by atoms with Crippen molar-refractivity contribution in [3.8, 4) is 0 Å². The van der Waals surface area contributed by atoms with E-state index in [4.69, 9.17) is 0 Å². The Hall–Kier alpha value is -0.430. The van der Waals surface area contributed by atoms with Crippen molar-refractivity contribution in [3.63, 3.8) is 0 Å². The zero-order valence-corrected chi connectivity index (χ0v) is 11.8. The van der Waals surface area contributed by atoms with Crippen LogP contribution in [-0.4, -0.2) is 36.3 Å².